The van der Waals surface area contributed by atoms with Gasteiger partial charge in [-0.3, -0.25) is 4.79 Å². The van der Waals surface area contributed by atoms with Crippen LogP contribution in [0.1, 0.15) is 35.2 Å². The van der Waals surface area contributed by atoms with Gasteiger partial charge in [-0.25, -0.2) is 4.79 Å². The van der Waals surface area contributed by atoms with Gasteiger partial charge < -0.3 is 29.4 Å². The van der Waals surface area contributed by atoms with Crippen LogP contribution in [0, 0.1) is 0 Å². The highest BCUT2D eigenvalue weighted by Crippen LogP contribution is 2.37. The number of nitrogens with zero attached hydrogens (tertiary/aromatic N) is 2. The second-order valence-corrected chi connectivity index (χ2v) is 7.86. The molecule has 178 valence electrons. The monoisotopic (exact) mass is 478 g/mol. The van der Waals surface area contributed by atoms with Crippen LogP contribution < -0.4 is 0 Å². The van der Waals surface area contributed by atoms with E-state index in [1.54, 1.807) is 11.0 Å². The molecule has 0 atom stereocenters. The number of oxime groups is 1. The Morgan fingerprint density at radius 2 is 1.82 bits per heavy atom. The van der Waals surface area contributed by atoms with Gasteiger partial charge in [-0.05, 0) is 30.9 Å². The molecule has 1 aromatic carbocycles. The Balaban J connectivity index is 1.86. The molecule has 3 rings (SSSR count). The number of halogens is 1. The van der Waals surface area contributed by atoms with Gasteiger partial charge in [-0.15, -0.1) is 0 Å². The number of hydrogen-bond donors (Lipinski definition) is 2. The fraction of sp³-hybridized carbons (Fsp3) is 0.435. The number of phenols is 2. The molecule has 0 unspecified atom stereocenters. The quantitative estimate of drug-likeness (QED) is 0.389. The van der Waals surface area contributed by atoms with Crippen molar-refractivity contribution in [3.63, 3.8) is 0 Å². The summed E-state index contributed by atoms with van der Waals surface area (Å²) in [6.45, 7) is 1.83. The lowest BCUT2D eigenvalue weighted by atomic mass is 9.99. The zero-order chi connectivity index (χ0) is 23.6. The van der Waals surface area contributed by atoms with Crippen molar-refractivity contribution < 1.29 is 34.1 Å². The van der Waals surface area contributed by atoms with Crippen LogP contribution in [0.2, 0.25) is 5.02 Å². The average molecular weight is 479 g/mol. The number of fused-ring (bicyclic) bond motifs is 1. The summed E-state index contributed by atoms with van der Waals surface area (Å²) in [6.07, 6.45) is 9.49. The number of rotatable bonds is 3. The largest absolute Gasteiger partial charge is 0.507 e. The molecule has 2 aliphatic rings. The van der Waals surface area contributed by atoms with E-state index in [-0.39, 0.29) is 47.4 Å². The molecule has 2 aliphatic heterocycles. The molecule has 33 heavy (non-hydrogen) atoms. The van der Waals surface area contributed by atoms with Crippen molar-refractivity contribution in [3.05, 3.63) is 46.5 Å². The predicted molar refractivity (Wildman–Crippen MR) is 122 cm³/mol. The number of allylic oxidation sites excluding steroid dienone is 3. The van der Waals surface area contributed by atoms with Crippen LogP contribution in [0.5, 0.6) is 11.5 Å². The van der Waals surface area contributed by atoms with Crippen LogP contribution in [-0.4, -0.2) is 72.2 Å². The molecule has 0 aromatic heterocycles. The summed E-state index contributed by atoms with van der Waals surface area (Å²) in [5, 5.41) is 24.4. The van der Waals surface area contributed by atoms with Crippen molar-refractivity contribution in [1.82, 2.24) is 4.90 Å². The van der Waals surface area contributed by atoms with Crippen molar-refractivity contribution in [1.29, 1.82) is 0 Å². The smallest absolute Gasteiger partial charge is 0.342 e. The van der Waals surface area contributed by atoms with E-state index in [2.05, 4.69) is 5.16 Å². The predicted octanol–water partition coefficient (Wildman–Crippen LogP) is 2.98. The highest BCUT2D eigenvalue weighted by molar-refractivity contribution is 6.33. The van der Waals surface area contributed by atoms with Crippen molar-refractivity contribution >= 4 is 29.2 Å². The molecule has 2 heterocycles. The zero-order valence-corrected chi connectivity index (χ0v) is 18.9. The van der Waals surface area contributed by atoms with Crippen LogP contribution in [0.4, 0.5) is 0 Å². The maximum Gasteiger partial charge on any atom is 0.342 e. The normalized spacial score (nSPS) is 20.9. The first-order valence-electron chi connectivity index (χ1n) is 10.7. The number of amides is 1. The molecule has 1 amide bonds. The van der Waals surface area contributed by atoms with Gasteiger partial charge in [0.2, 0.25) is 0 Å². The molecule has 9 nitrogen and oxygen atoms in total. The number of aromatic hydroxyl groups is 2. The first-order valence-corrected chi connectivity index (χ1v) is 11.1. The van der Waals surface area contributed by atoms with E-state index in [9.17, 15) is 19.8 Å². The van der Waals surface area contributed by atoms with Crippen molar-refractivity contribution in [2.45, 2.75) is 25.7 Å². The second-order valence-electron chi connectivity index (χ2n) is 7.48. The van der Waals surface area contributed by atoms with Gasteiger partial charge >= 0.3 is 5.97 Å². The molecule has 10 heteroatoms. The number of cyclic esters (lactones) is 1. The van der Waals surface area contributed by atoms with E-state index >= 15 is 0 Å². The molecule has 0 spiro atoms. The van der Waals surface area contributed by atoms with E-state index in [0.717, 1.165) is 18.9 Å². The lowest BCUT2D eigenvalue weighted by molar-refractivity contribution is -0.140. The first kappa shape index (κ1) is 24.6. The highest BCUT2D eigenvalue weighted by Gasteiger charge is 2.24. The minimum Gasteiger partial charge on any atom is -0.507 e. The van der Waals surface area contributed by atoms with Crippen LogP contribution in [0.25, 0.3) is 0 Å². The number of benzene rings is 1. The van der Waals surface area contributed by atoms with Crippen LogP contribution in [0.15, 0.2) is 35.5 Å². The number of ether oxygens (including phenoxy) is 2. The SMILES string of the molecule is O=C1OCC/C=C/CC/C=C/C(=N\OCC(=O)N2CCOCC2)Cc2c(Cl)c(O)cc(O)c21. The third-order valence-corrected chi connectivity index (χ3v) is 5.53. The van der Waals surface area contributed by atoms with Crippen molar-refractivity contribution in [2.24, 2.45) is 5.16 Å². The third kappa shape index (κ3) is 6.97. The molecule has 2 N–H and O–H groups in total. The van der Waals surface area contributed by atoms with Gasteiger partial charge in [0.05, 0.1) is 30.6 Å². The minimum atomic E-state index is -0.762. The van der Waals surface area contributed by atoms with Gasteiger partial charge in [-0.1, -0.05) is 35.0 Å². The van der Waals surface area contributed by atoms with E-state index in [0.29, 0.717) is 38.4 Å². The number of morpholine rings is 1. The fourth-order valence-electron chi connectivity index (χ4n) is 3.39. The number of phenolic OH excluding ortho intramolecular Hbond substituents is 2. The molecule has 1 fully saturated rings. The van der Waals surface area contributed by atoms with E-state index in [4.69, 9.17) is 25.9 Å². The van der Waals surface area contributed by atoms with E-state index in [1.165, 1.54) is 0 Å². The van der Waals surface area contributed by atoms with Gasteiger partial charge in [0.15, 0.2) is 6.61 Å². The highest BCUT2D eigenvalue weighted by atomic mass is 35.5. The summed E-state index contributed by atoms with van der Waals surface area (Å²) in [7, 11) is 0. The zero-order valence-electron chi connectivity index (χ0n) is 18.2. The number of esters is 1. The fourth-order valence-corrected chi connectivity index (χ4v) is 3.61. The topological polar surface area (TPSA) is 118 Å². The Hall–Kier alpha value is -3.04. The van der Waals surface area contributed by atoms with Gasteiger partial charge in [0, 0.05) is 25.6 Å². The molecule has 0 aliphatic carbocycles. The standard InChI is InChI=1S/C23H27ClN2O7/c24-22-17-13-16(25-33-15-20(29)26-8-11-31-12-9-26)7-5-3-1-2-4-6-10-32-23(30)21(17)18(27)14-19(22)28/h2,4-5,7,14,27-28H,1,3,6,8-13,15H2/b4-2+,7-5+,25-16+. The van der Waals surface area contributed by atoms with Crippen LogP contribution in [-0.2, 0) is 25.5 Å². The van der Waals surface area contributed by atoms with Gasteiger partial charge in [0.25, 0.3) is 5.91 Å². The Morgan fingerprint density at radius 3 is 2.61 bits per heavy atom. The van der Waals surface area contributed by atoms with Crippen molar-refractivity contribution in [3.8, 4) is 11.5 Å². The van der Waals surface area contributed by atoms with Crippen LogP contribution in [0.3, 0.4) is 0 Å². The maximum atomic E-state index is 12.6. The second kappa shape index (κ2) is 12.3. The molecule has 0 saturated carbocycles. The molecular formula is C23H27ClN2O7. The molecule has 0 radical (unpaired) electrons. The maximum absolute atomic E-state index is 12.6. The lowest BCUT2D eigenvalue weighted by Gasteiger charge is -2.26. The Kier molecular flexibility index (Phi) is 9.14. The molecule has 1 aromatic rings. The molecule has 0 bridgehead atoms. The van der Waals surface area contributed by atoms with Gasteiger partial charge in [0.1, 0.15) is 17.1 Å². The lowest BCUT2D eigenvalue weighted by Crippen LogP contribution is -2.42. The van der Waals surface area contributed by atoms with E-state index < -0.39 is 11.7 Å². The van der Waals surface area contributed by atoms with Crippen LogP contribution >= 0.6 is 11.6 Å². The first-order chi connectivity index (χ1) is 16.0. The average Bonchev–Trinajstić information content (AvgIpc) is 2.80. The number of hydrogen-bond acceptors (Lipinski definition) is 8. The van der Waals surface area contributed by atoms with Crippen molar-refractivity contribution in [2.75, 3.05) is 39.5 Å². The summed E-state index contributed by atoms with van der Waals surface area (Å²) < 4.78 is 10.5. The summed E-state index contributed by atoms with van der Waals surface area (Å²) in [5.74, 6) is -1.81. The Morgan fingerprint density at radius 1 is 1.09 bits per heavy atom. The van der Waals surface area contributed by atoms with E-state index in [1.807, 2.05) is 18.2 Å². The number of carbonyl (C=O) groups is 2. The molecular weight excluding hydrogens is 452 g/mol. The summed E-state index contributed by atoms with van der Waals surface area (Å²) in [5.41, 5.74) is 0.356. The summed E-state index contributed by atoms with van der Waals surface area (Å²) >= 11 is 6.28. The Bertz CT molecular complexity index is 953. The number of carbonyl (C=O) groups excluding carboxylic acids is 2. The van der Waals surface area contributed by atoms with Gasteiger partial charge in [-0.2, -0.15) is 0 Å². The summed E-state index contributed by atoms with van der Waals surface area (Å²) in [4.78, 5) is 31.9. The Labute approximate surface area is 196 Å². The third-order valence-electron chi connectivity index (χ3n) is 5.11. The molecule has 1 saturated heterocycles. The summed E-state index contributed by atoms with van der Waals surface area (Å²) in [6, 6.07) is 0.996. The minimum absolute atomic E-state index is 0.0384.